The van der Waals surface area contributed by atoms with Crippen molar-refractivity contribution in [1.29, 1.82) is 0 Å². The van der Waals surface area contributed by atoms with Gasteiger partial charge in [-0.25, -0.2) is 9.79 Å². The van der Waals surface area contributed by atoms with Gasteiger partial charge in [0.2, 0.25) is 0 Å². The van der Waals surface area contributed by atoms with Gasteiger partial charge in [-0.15, -0.1) is 0 Å². The predicted molar refractivity (Wildman–Crippen MR) is 110 cm³/mol. The molecule has 2 aromatic rings. The van der Waals surface area contributed by atoms with E-state index in [0.29, 0.717) is 9.95 Å². The summed E-state index contributed by atoms with van der Waals surface area (Å²) in [5, 5.41) is 11.1. The molecule has 0 bridgehead atoms. The molecule has 0 atom stereocenters. The summed E-state index contributed by atoms with van der Waals surface area (Å²) in [6, 6.07) is 9.80. The zero-order valence-electron chi connectivity index (χ0n) is 15.8. The van der Waals surface area contributed by atoms with E-state index in [0.717, 1.165) is 22.5 Å². The molecule has 0 saturated carbocycles. The number of aliphatic hydroxyl groups is 1. The van der Waals surface area contributed by atoms with Gasteiger partial charge in [0.05, 0.1) is 17.2 Å². The second kappa shape index (κ2) is 7.88. The summed E-state index contributed by atoms with van der Waals surface area (Å²) >= 11 is 1.27. The molecule has 0 aliphatic carbocycles. The first kappa shape index (κ1) is 19.0. The first-order valence-electron chi connectivity index (χ1n) is 8.68. The first-order chi connectivity index (χ1) is 12.9. The maximum atomic E-state index is 12.4. The van der Waals surface area contributed by atoms with Crippen molar-refractivity contribution in [3.05, 3.63) is 69.6 Å². The van der Waals surface area contributed by atoms with Gasteiger partial charge in [-0.3, -0.25) is 0 Å². The second-order valence-electron chi connectivity index (χ2n) is 6.36. The van der Waals surface area contributed by atoms with Gasteiger partial charge < -0.3 is 14.4 Å². The highest BCUT2D eigenvalue weighted by Gasteiger charge is 2.33. The summed E-state index contributed by atoms with van der Waals surface area (Å²) in [6.45, 7) is 5.96. The molecule has 1 aliphatic rings. The normalized spacial score (nSPS) is 17.2. The molecule has 1 aliphatic heterocycles. The van der Waals surface area contributed by atoms with E-state index in [9.17, 15) is 9.90 Å². The molecule has 0 amide bonds. The van der Waals surface area contributed by atoms with E-state index in [2.05, 4.69) is 11.1 Å². The van der Waals surface area contributed by atoms with Crippen molar-refractivity contribution in [2.24, 2.45) is 12.0 Å². The molecule has 1 aromatic heterocycles. The highest BCUT2D eigenvalue weighted by Crippen LogP contribution is 2.40. The van der Waals surface area contributed by atoms with E-state index in [1.165, 1.54) is 11.8 Å². The molecule has 0 spiro atoms. The largest absolute Gasteiger partial charge is 0.506 e. The van der Waals surface area contributed by atoms with Crippen LogP contribution >= 0.6 is 11.8 Å². The molecule has 3 rings (SSSR count). The number of aliphatic hydroxyl groups excluding tert-OH is 1. The smallest absolute Gasteiger partial charge is 0.344 e. The number of esters is 1. The molecule has 0 saturated heterocycles. The van der Waals surface area contributed by atoms with Crippen molar-refractivity contribution in [1.82, 2.24) is 4.57 Å². The van der Waals surface area contributed by atoms with E-state index in [1.807, 2.05) is 62.0 Å². The minimum absolute atomic E-state index is 0.0947. The van der Waals surface area contributed by atoms with Gasteiger partial charge in [-0.1, -0.05) is 17.8 Å². The topological polar surface area (TPSA) is 63.8 Å². The van der Waals surface area contributed by atoms with Crippen molar-refractivity contribution in [3.8, 4) is 0 Å². The highest BCUT2D eigenvalue weighted by molar-refractivity contribution is 8.18. The van der Waals surface area contributed by atoms with Gasteiger partial charge in [0.1, 0.15) is 16.4 Å². The molecule has 1 N–H and O–H groups in total. The van der Waals surface area contributed by atoms with Crippen molar-refractivity contribution in [3.63, 3.8) is 0 Å². The van der Waals surface area contributed by atoms with E-state index in [-0.39, 0.29) is 17.9 Å². The van der Waals surface area contributed by atoms with Gasteiger partial charge in [-0.05, 0) is 62.2 Å². The average molecular weight is 382 g/mol. The number of carbonyl (C=O) groups is 1. The van der Waals surface area contributed by atoms with Crippen LogP contribution in [-0.2, 0) is 16.6 Å². The van der Waals surface area contributed by atoms with E-state index >= 15 is 0 Å². The number of carbonyl (C=O) groups excluding carboxylic acids is 1. The monoisotopic (exact) mass is 382 g/mol. The summed E-state index contributed by atoms with van der Waals surface area (Å²) in [5.74, 6) is -0.663. The number of rotatable bonds is 4. The lowest BCUT2D eigenvalue weighted by Crippen LogP contribution is -2.12. The maximum absolute atomic E-state index is 12.4. The fourth-order valence-corrected chi connectivity index (χ4v) is 3.90. The summed E-state index contributed by atoms with van der Waals surface area (Å²) in [4.78, 5) is 17.6. The van der Waals surface area contributed by atoms with Crippen LogP contribution < -0.4 is 0 Å². The van der Waals surface area contributed by atoms with Crippen molar-refractivity contribution < 1.29 is 14.6 Å². The fraction of sp³-hybridized carbons (Fsp3) is 0.238. The number of hydrogen-bond donors (Lipinski definition) is 1. The number of nitrogens with zero attached hydrogens (tertiary/aromatic N) is 2. The molecule has 0 radical (unpaired) electrons. The summed E-state index contributed by atoms with van der Waals surface area (Å²) in [7, 11) is 1.92. The SMILES string of the molecule is CCOC(=O)C1=C(O)C(=Cc2cccn2C)SC1=Nc1cc(C)cc(C)c1. The van der Waals surface area contributed by atoms with Crippen LogP contribution in [0.1, 0.15) is 23.7 Å². The van der Waals surface area contributed by atoms with E-state index in [1.54, 1.807) is 6.92 Å². The Kier molecular flexibility index (Phi) is 5.56. The van der Waals surface area contributed by atoms with Crippen LogP contribution in [0.5, 0.6) is 0 Å². The van der Waals surface area contributed by atoms with Crippen LogP contribution in [0.3, 0.4) is 0 Å². The summed E-state index contributed by atoms with van der Waals surface area (Å²) in [6.07, 6.45) is 3.76. The van der Waals surface area contributed by atoms with Gasteiger partial charge in [0, 0.05) is 18.9 Å². The first-order valence-corrected chi connectivity index (χ1v) is 9.49. The van der Waals surface area contributed by atoms with Gasteiger partial charge in [0.15, 0.2) is 0 Å². The van der Waals surface area contributed by atoms with Crippen LogP contribution in [0.15, 0.2) is 57.8 Å². The van der Waals surface area contributed by atoms with Crippen molar-refractivity contribution in [2.45, 2.75) is 20.8 Å². The number of thioether (sulfide) groups is 1. The second-order valence-corrected chi connectivity index (χ2v) is 7.39. The Hall–Kier alpha value is -2.73. The molecule has 2 heterocycles. The number of aromatic nitrogens is 1. The van der Waals surface area contributed by atoms with Crippen LogP contribution in [0.25, 0.3) is 6.08 Å². The molecule has 1 aromatic carbocycles. The van der Waals surface area contributed by atoms with E-state index in [4.69, 9.17) is 4.74 Å². The van der Waals surface area contributed by atoms with Crippen LogP contribution in [-0.4, -0.2) is 27.3 Å². The third-order valence-corrected chi connectivity index (χ3v) is 5.09. The number of benzene rings is 1. The molecule has 140 valence electrons. The third kappa shape index (κ3) is 4.17. The average Bonchev–Trinajstić information content (AvgIpc) is 3.11. The Bertz CT molecular complexity index is 963. The standard InChI is InChI=1S/C21H22N2O3S/c1-5-26-21(25)18-19(24)17(12-16-7-6-8-23(16)4)27-20(18)22-15-10-13(2)9-14(3)11-15/h6-12,24H,5H2,1-4H3. The van der Waals surface area contributed by atoms with Crippen molar-refractivity contribution >= 4 is 34.5 Å². The van der Waals surface area contributed by atoms with Crippen LogP contribution in [0.2, 0.25) is 0 Å². The Morgan fingerprint density at radius 1 is 1.30 bits per heavy atom. The molecule has 0 fully saturated rings. The highest BCUT2D eigenvalue weighted by atomic mass is 32.2. The fourth-order valence-electron chi connectivity index (χ4n) is 2.88. The molecular formula is C21H22N2O3S. The number of aryl methyl sites for hydroxylation is 3. The molecule has 6 heteroatoms. The van der Waals surface area contributed by atoms with Gasteiger partial charge >= 0.3 is 5.97 Å². The van der Waals surface area contributed by atoms with Gasteiger partial charge in [0.25, 0.3) is 0 Å². The lowest BCUT2D eigenvalue weighted by atomic mass is 10.1. The summed E-state index contributed by atoms with van der Waals surface area (Å²) in [5.41, 5.74) is 3.94. The van der Waals surface area contributed by atoms with Crippen molar-refractivity contribution in [2.75, 3.05) is 6.61 Å². The van der Waals surface area contributed by atoms with Crippen LogP contribution in [0.4, 0.5) is 5.69 Å². The Labute approximate surface area is 163 Å². The Morgan fingerprint density at radius 2 is 2.00 bits per heavy atom. The van der Waals surface area contributed by atoms with E-state index < -0.39 is 5.97 Å². The van der Waals surface area contributed by atoms with Gasteiger partial charge in [-0.2, -0.15) is 0 Å². The lowest BCUT2D eigenvalue weighted by Gasteiger charge is -2.05. The molecule has 5 nitrogen and oxygen atoms in total. The zero-order valence-corrected chi connectivity index (χ0v) is 16.6. The number of ether oxygens (including phenoxy) is 1. The third-order valence-electron chi connectivity index (χ3n) is 4.07. The zero-order chi connectivity index (χ0) is 19.6. The quantitative estimate of drug-likeness (QED) is 0.769. The molecule has 27 heavy (non-hydrogen) atoms. The Balaban J connectivity index is 2.07. The maximum Gasteiger partial charge on any atom is 0.344 e. The predicted octanol–water partition coefficient (Wildman–Crippen LogP) is 4.84. The lowest BCUT2D eigenvalue weighted by molar-refractivity contribution is -0.138. The Morgan fingerprint density at radius 3 is 2.59 bits per heavy atom. The number of hydrogen-bond acceptors (Lipinski definition) is 5. The minimum atomic E-state index is -0.569. The molecule has 0 unspecified atom stereocenters. The summed E-state index contributed by atoms with van der Waals surface area (Å²) < 4.78 is 7.07. The molecular weight excluding hydrogens is 360 g/mol. The van der Waals surface area contributed by atoms with Crippen LogP contribution in [0, 0.1) is 13.8 Å². The number of aliphatic imine (C=N–C) groups is 1. The minimum Gasteiger partial charge on any atom is -0.506 e.